The van der Waals surface area contributed by atoms with Crippen LogP contribution in [-0.2, 0) is 40.8 Å². The average Bonchev–Trinajstić information content (AvgIpc) is 3.19. The van der Waals surface area contributed by atoms with Crippen LogP contribution in [0.1, 0.15) is 79.7 Å². The quantitative estimate of drug-likeness (QED) is 0.622. The Kier molecular flexibility index (Phi) is 5.92. The summed E-state index contributed by atoms with van der Waals surface area (Å²) < 4.78 is 6.80. The van der Waals surface area contributed by atoms with Gasteiger partial charge in [0.15, 0.2) is 0 Å². The van der Waals surface area contributed by atoms with Crippen molar-refractivity contribution < 1.29 is 29.3 Å². The smallest absolute Gasteiger partial charge is 0.416 e. The van der Waals surface area contributed by atoms with Gasteiger partial charge in [-0.3, -0.25) is 14.4 Å². The van der Waals surface area contributed by atoms with E-state index in [1.165, 1.54) is 4.57 Å². The fraction of sp³-hybridized carbons (Fsp3) is 0.500. The van der Waals surface area contributed by atoms with Gasteiger partial charge >= 0.3 is 18.2 Å². The summed E-state index contributed by atoms with van der Waals surface area (Å²) in [6.45, 7) is 7.93. The summed E-state index contributed by atoms with van der Waals surface area (Å²) in [5.74, 6) is -1.09. The molecule has 0 radical (unpaired) electrons. The van der Waals surface area contributed by atoms with E-state index in [4.69, 9.17) is 9.73 Å². The third kappa shape index (κ3) is 4.10. The molecular weight excluding hydrogens is 474 g/mol. The molecule has 2 N–H and O–H groups in total. The minimum Gasteiger partial charge on any atom is -0.480 e. The summed E-state index contributed by atoms with van der Waals surface area (Å²) >= 11 is 0. The van der Waals surface area contributed by atoms with Gasteiger partial charge in [0.2, 0.25) is 0 Å². The van der Waals surface area contributed by atoms with Gasteiger partial charge in [-0.05, 0) is 76.5 Å². The predicted molar refractivity (Wildman–Crippen MR) is 137 cm³/mol. The number of rotatable bonds is 2. The van der Waals surface area contributed by atoms with E-state index < -0.39 is 23.1 Å². The molecule has 0 bridgehead atoms. The second-order valence-electron chi connectivity index (χ2n) is 11.4. The van der Waals surface area contributed by atoms with E-state index in [0.29, 0.717) is 55.0 Å². The number of fused-ring (bicyclic) bond motifs is 4. The van der Waals surface area contributed by atoms with Gasteiger partial charge in [0.05, 0.1) is 18.0 Å². The number of carboxylic acid groups (broad SMARTS) is 2. The first-order chi connectivity index (χ1) is 17.4. The molecule has 2 aromatic rings. The summed E-state index contributed by atoms with van der Waals surface area (Å²) in [7, 11) is 0. The topological polar surface area (TPSA) is 121 Å². The third-order valence-corrected chi connectivity index (χ3v) is 7.62. The van der Waals surface area contributed by atoms with Crippen molar-refractivity contribution in [1.82, 2.24) is 9.47 Å². The number of nitrogens with zero attached hydrogens (tertiary/aromatic N) is 3. The molecule has 2 aliphatic heterocycles. The normalized spacial score (nSPS) is 20.9. The number of aliphatic carboxylic acids is 1. The first-order valence-electron chi connectivity index (χ1n) is 12.8. The molecule has 0 fully saturated rings. The number of ether oxygens (including phenoxy) is 1. The number of aromatic nitrogens is 1. The Morgan fingerprint density at radius 1 is 1.05 bits per heavy atom. The zero-order valence-corrected chi connectivity index (χ0v) is 21.8. The number of amides is 1. The van der Waals surface area contributed by atoms with Crippen LogP contribution in [0.2, 0.25) is 0 Å². The highest BCUT2D eigenvalue weighted by atomic mass is 16.6. The lowest BCUT2D eigenvalue weighted by Gasteiger charge is -2.34. The Hall–Kier alpha value is -3.62. The number of carboxylic acids is 1. The second kappa shape index (κ2) is 8.75. The zero-order valence-electron chi connectivity index (χ0n) is 21.8. The summed E-state index contributed by atoms with van der Waals surface area (Å²) in [6.07, 6.45) is 2.14. The highest BCUT2D eigenvalue weighted by Crippen LogP contribution is 2.42. The molecule has 5 rings (SSSR count). The third-order valence-electron chi connectivity index (χ3n) is 7.62. The maximum Gasteiger partial charge on any atom is 0.416 e. The Morgan fingerprint density at radius 3 is 2.46 bits per heavy atom. The van der Waals surface area contributed by atoms with Crippen LogP contribution < -0.4 is 0 Å². The van der Waals surface area contributed by atoms with E-state index in [2.05, 4.69) is 0 Å². The van der Waals surface area contributed by atoms with Gasteiger partial charge < -0.3 is 19.8 Å². The van der Waals surface area contributed by atoms with Gasteiger partial charge in [0.25, 0.3) is 0 Å². The van der Waals surface area contributed by atoms with Gasteiger partial charge in [-0.25, -0.2) is 9.59 Å². The molecule has 1 unspecified atom stereocenters. The molecule has 196 valence electrons. The van der Waals surface area contributed by atoms with Crippen molar-refractivity contribution in [2.75, 3.05) is 13.1 Å². The summed E-state index contributed by atoms with van der Waals surface area (Å²) in [6, 6.07) is 5.88. The molecule has 3 aliphatic rings. The van der Waals surface area contributed by atoms with Crippen LogP contribution in [0.4, 0.5) is 9.59 Å². The fourth-order valence-corrected chi connectivity index (χ4v) is 5.88. The van der Waals surface area contributed by atoms with E-state index >= 15 is 0 Å². The number of hydrogen-bond acceptors (Lipinski definition) is 5. The molecule has 0 spiro atoms. The minimum absolute atomic E-state index is 0.0471. The summed E-state index contributed by atoms with van der Waals surface area (Å²) in [5, 5.41) is 20.4. The zero-order chi connectivity index (χ0) is 26.7. The van der Waals surface area contributed by atoms with Crippen LogP contribution in [0.15, 0.2) is 23.2 Å². The molecule has 0 saturated carbocycles. The van der Waals surface area contributed by atoms with E-state index in [0.717, 1.165) is 35.1 Å². The maximum absolute atomic E-state index is 12.7. The predicted octanol–water partition coefficient (Wildman–Crippen LogP) is 4.38. The Balaban J connectivity index is 1.63. The molecule has 1 aromatic carbocycles. The van der Waals surface area contributed by atoms with Crippen LogP contribution in [0, 0.1) is 0 Å². The summed E-state index contributed by atoms with van der Waals surface area (Å²) in [4.78, 5) is 44.2. The Labute approximate surface area is 215 Å². The van der Waals surface area contributed by atoms with E-state index in [9.17, 15) is 24.6 Å². The number of carbonyl (C=O) groups excluding carboxylic acids is 1. The lowest BCUT2D eigenvalue weighted by molar-refractivity contribution is -0.143. The van der Waals surface area contributed by atoms with Crippen LogP contribution in [0.5, 0.6) is 0 Å². The molecule has 1 aliphatic carbocycles. The summed E-state index contributed by atoms with van der Waals surface area (Å²) in [5.41, 5.74) is 4.11. The van der Waals surface area contributed by atoms with Crippen LogP contribution >= 0.6 is 0 Å². The molecule has 1 aromatic heterocycles. The molecule has 0 saturated heterocycles. The standard InChI is InChI=1S/C28H33N3O6/c1-27(2,3)37-26(36)30-13-12-17-16(14-30)8-7-10-18(17)22-21-19-9-5-6-11-20(19)31(25(34)35)23(21)28(4,15-29-22)24(32)33/h7-8,10H,5-6,9,11-15H2,1-4H3,(H,32,33)(H,34,35). The first kappa shape index (κ1) is 25.0. The Bertz CT molecular complexity index is 1350. The first-order valence-corrected chi connectivity index (χ1v) is 12.8. The van der Waals surface area contributed by atoms with Crippen LogP contribution in [0.25, 0.3) is 0 Å². The Morgan fingerprint density at radius 2 is 1.78 bits per heavy atom. The highest BCUT2D eigenvalue weighted by Gasteiger charge is 2.47. The molecule has 3 heterocycles. The molecule has 9 nitrogen and oxygen atoms in total. The lowest BCUT2D eigenvalue weighted by Crippen LogP contribution is -2.43. The molecule has 9 heteroatoms. The monoisotopic (exact) mass is 507 g/mol. The SMILES string of the molecule is CC(C)(C)OC(=O)N1CCc2c(cccc2C2=NCC(C)(C(=O)O)c3c2c2c(n3C(=O)O)CCCC2)C1. The molecular formula is C28H33N3O6. The molecule has 37 heavy (non-hydrogen) atoms. The van der Waals surface area contributed by atoms with Gasteiger partial charge in [0.1, 0.15) is 11.0 Å². The van der Waals surface area contributed by atoms with Crippen molar-refractivity contribution in [3.05, 3.63) is 57.4 Å². The maximum atomic E-state index is 12.7. The van der Waals surface area contributed by atoms with Gasteiger partial charge in [0, 0.05) is 29.9 Å². The minimum atomic E-state index is -1.45. The lowest BCUT2D eigenvalue weighted by atomic mass is 9.77. The molecule has 1 atom stereocenters. The highest BCUT2D eigenvalue weighted by molar-refractivity contribution is 6.18. The largest absolute Gasteiger partial charge is 0.480 e. The van der Waals surface area contributed by atoms with E-state index in [-0.39, 0.29) is 12.6 Å². The van der Waals surface area contributed by atoms with E-state index in [1.54, 1.807) is 11.8 Å². The van der Waals surface area contributed by atoms with Crippen molar-refractivity contribution in [2.24, 2.45) is 4.99 Å². The fourth-order valence-electron chi connectivity index (χ4n) is 5.88. The van der Waals surface area contributed by atoms with Crippen molar-refractivity contribution in [3.63, 3.8) is 0 Å². The number of benzene rings is 1. The van der Waals surface area contributed by atoms with Crippen LogP contribution in [0.3, 0.4) is 0 Å². The number of hydrogen-bond donors (Lipinski definition) is 2. The second-order valence-corrected chi connectivity index (χ2v) is 11.4. The molecule has 1 amide bonds. The van der Waals surface area contributed by atoms with E-state index in [1.807, 2.05) is 39.0 Å². The van der Waals surface area contributed by atoms with Crippen LogP contribution in [-0.4, -0.2) is 62.2 Å². The van der Waals surface area contributed by atoms with Gasteiger partial charge in [-0.1, -0.05) is 18.2 Å². The van der Waals surface area contributed by atoms with Crippen molar-refractivity contribution in [2.45, 2.75) is 77.4 Å². The van der Waals surface area contributed by atoms with Gasteiger partial charge in [-0.15, -0.1) is 0 Å². The number of carbonyl (C=O) groups is 3. The average molecular weight is 508 g/mol. The number of aliphatic imine (C=N–C) groups is 1. The van der Waals surface area contributed by atoms with Crippen molar-refractivity contribution >= 4 is 23.9 Å². The van der Waals surface area contributed by atoms with Crippen molar-refractivity contribution in [1.29, 1.82) is 0 Å². The van der Waals surface area contributed by atoms with Crippen molar-refractivity contribution in [3.8, 4) is 0 Å². The van der Waals surface area contributed by atoms with Gasteiger partial charge in [-0.2, -0.15) is 0 Å².